The van der Waals surface area contributed by atoms with Gasteiger partial charge in [-0.1, -0.05) is 31.2 Å². The summed E-state index contributed by atoms with van der Waals surface area (Å²) in [7, 11) is 0. The van der Waals surface area contributed by atoms with Crippen LogP contribution in [0.3, 0.4) is 0 Å². The molecule has 148 valence electrons. The first kappa shape index (κ1) is 19.7. The van der Waals surface area contributed by atoms with E-state index in [9.17, 15) is 22.8 Å². The van der Waals surface area contributed by atoms with Crippen molar-refractivity contribution in [2.45, 2.75) is 32.0 Å². The number of carbonyl (C=O) groups is 2. The fourth-order valence-corrected chi connectivity index (χ4v) is 3.09. The zero-order valence-electron chi connectivity index (χ0n) is 15.1. The van der Waals surface area contributed by atoms with E-state index in [0.29, 0.717) is 23.5 Å². The van der Waals surface area contributed by atoms with Crippen molar-refractivity contribution < 1.29 is 22.8 Å². The monoisotopic (exact) mass is 392 g/mol. The number of nitrogens with one attached hydrogen (secondary N) is 2. The van der Waals surface area contributed by atoms with E-state index in [4.69, 9.17) is 0 Å². The highest BCUT2D eigenvalue weighted by Gasteiger charge is 2.30. The number of amides is 3. The van der Waals surface area contributed by atoms with E-state index in [1.807, 2.05) is 6.92 Å². The molecule has 3 rings (SSSR count). The Morgan fingerprint density at radius 1 is 1.32 bits per heavy atom. The van der Waals surface area contributed by atoms with E-state index in [-0.39, 0.29) is 18.0 Å². The number of pyridine rings is 1. The maximum absolute atomic E-state index is 12.8. The lowest BCUT2D eigenvalue weighted by Gasteiger charge is -2.29. The van der Waals surface area contributed by atoms with E-state index >= 15 is 0 Å². The maximum Gasteiger partial charge on any atom is 0.393 e. The summed E-state index contributed by atoms with van der Waals surface area (Å²) in [5.74, 6) is -0.0313. The van der Waals surface area contributed by atoms with Crippen LogP contribution in [0.1, 0.15) is 30.5 Å². The summed E-state index contributed by atoms with van der Waals surface area (Å²) in [6, 6.07) is 8.29. The summed E-state index contributed by atoms with van der Waals surface area (Å²) in [5, 5.41) is 5.43. The average Bonchev–Trinajstić information content (AvgIpc) is 2.64. The zero-order chi connectivity index (χ0) is 20.3. The zero-order valence-corrected chi connectivity index (χ0v) is 15.1. The molecule has 9 heteroatoms. The first-order chi connectivity index (χ1) is 13.3. The number of hydrogen-bond donors (Lipinski definition) is 2. The van der Waals surface area contributed by atoms with Crippen LogP contribution in [0.25, 0.3) is 0 Å². The van der Waals surface area contributed by atoms with Gasteiger partial charge >= 0.3 is 12.2 Å². The van der Waals surface area contributed by atoms with Gasteiger partial charge in [0, 0.05) is 6.20 Å². The summed E-state index contributed by atoms with van der Waals surface area (Å²) < 4.78 is 38.0. The molecule has 0 spiro atoms. The lowest BCUT2D eigenvalue weighted by molar-refractivity contribution is -0.127. The van der Waals surface area contributed by atoms with Crippen LogP contribution in [-0.2, 0) is 11.2 Å². The quantitative estimate of drug-likeness (QED) is 0.831. The second kappa shape index (κ2) is 7.87. The number of hydrogen-bond acceptors (Lipinski definition) is 3. The molecule has 1 aromatic carbocycles. The maximum atomic E-state index is 12.8. The molecule has 0 saturated carbocycles. The predicted octanol–water partition coefficient (Wildman–Crippen LogP) is 3.81. The fourth-order valence-electron chi connectivity index (χ4n) is 3.09. The largest absolute Gasteiger partial charge is 0.393 e. The Morgan fingerprint density at radius 2 is 2.11 bits per heavy atom. The van der Waals surface area contributed by atoms with E-state index in [1.165, 1.54) is 29.3 Å². The number of halogens is 3. The molecule has 2 heterocycles. The number of fused-ring (bicyclic) bond motifs is 1. The SMILES string of the molecule is CCC(NC(=O)N1CC(=O)Nc2cccnc21)c1cccc(CC(F)(F)F)c1. The Morgan fingerprint density at radius 3 is 2.82 bits per heavy atom. The van der Waals surface area contributed by atoms with Crippen molar-refractivity contribution in [1.82, 2.24) is 10.3 Å². The third-order valence-electron chi connectivity index (χ3n) is 4.33. The summed E-state index contributed by atoms with van der Waals surface area (Å²) in [6.07, 6.45) is -3.36. The molecule has 2 N–H and O–H groups in total. The molecule has 28 heavy (non-hydrogen) atoms. The van der Waals surface area contributed by atoms with E-state index in [2.05, 4.69) is 15.6 Å². The second-order valence-corrected chi connectivity index (χ2v) is 6.46. The lowest BCUT2D eigenvalue weighted by Crippen LogP contribution is -2.48. The summed E-state index contributed by atoms with van der Waals surface area (Å²) in [4.78, 5) is 30.0. The Labute approximate surface area is 159 Å². The number of carbonyl (C=O) groups excluding carboxylic acids is 2. The van der Waals surface area contributed by atoms with Crippen molar-refractivity contribution in [1.29, 1.82) is 0 Å². The molecule has 0 aliphatic carbocycles. The normalized spacial score (nSPS) is 14.9. The van der Waals surface area contributed by atoms with E-state index < -0.39 is 24.7 Å². The second-order valence-electron chi connectivity index (χ2n) is 6.46. The topological polar surface area (TPSA) is 74.3 Å². The van der Waals surface area contributed by atoms with Gasteiger partial charge in [-0.2, -0.15) is 13.2 Å². The van der Waals surface area contributed by atoms with Crippen molar-refractivity contribution >= 4 is 23.4 Å². The van der Waals surface area contributed by atoms with Gasteiger partial charge in [0.25, 0.3) is 0 Å². The minimum atomic E-state index is -4.31. The number of aromatic nitrogens is 1. The number of anilines is 2. The van der Waals surface area contributed by atoms with Crippen LogP contribution in [0.4, 0.5) is 29.5 Å². The molecule has 1 atom stereocenters. The molecule has 6 nitrogen and oxygen atoms in total. The third kappa shape index (κ3) is 4.59. The van der Waals surface area contributed by atoms with Crippen LogP contribution < -0.4 is 15.5 Å². The van der Waals surface area contributed by atoms with Gasteiger partial charge in [-0.05, 0) is 29.7 Å². The molecule has 2 aromatic rings. The summed E-state index contributed by atoms with van der Waals surface area (Å²) in [6.45, 7) is 1.62. The van der Waals surface area contributed by atoms with Crippen LogP contribution in [-0.4, -0.2) is 29.6 Å². The van der Waals surface area contributed by atoms with Gasteiger partial charge in [0.05, 0.1) is 18.2 Å². The Hall–Kier alpha value is -3.10. The van der Waals surface area contributed by atoms with Crippen molar-refractivity contribution in [3.05, 3.63) is 53.7 Å². The Kier molecular flexibility index (Phi) is 5.53. The van der Waals surface area contributed by atoms with Gasteiger partial charge in [0.15, 0.2) is 5.82 Å². The van der Waals surface area contributed by atoms with Crippen LogP contribution in [0, 0.1) is 0 Å². The minimum absolute atomic E-state index is 0.127. The predicted molar refractivity (Wildman–Crippen MR) is 98.0 cm³/mol. The number of urea groups is 1. The van der Waals surface area contributed by atoms with Gasteiger partial charge in [-0.25, -0.2) is 9.78 Å². The molecule has 1 unspecified atom stereocenters. The van der Waals surface area contributed by atoms with Crippen molar-refractivity contribution in [2.24, 2.45) is 0 Å². The highest BCUT2D eigenvalue weighted by atomic mass is 19.4. The van der Waals surface area contributed by atoms with Crippen LogP contribution >= 0.6 is 0 Å². The van der Waals surface area contributed by atoms with E-state index in [0.717, 1.165) is 0 Å². The Bertz CT molecular complexity index is 885. The highest BCUT2D eigenvalue weighted by molar-refractivity contribution is 6.08. The molecular formula is C19H19F3N4O2. The molecule has 0 fully saturated rings. The third-order valence-corrected chi connectivity index (χ3v) is 4.33. The molecule has 1 aromatic heterocycles. The highest BCUT2D eigenvalue weighted by Crippen LogP contribution is 2.28. The van der Waals surface area contributed by atoms with Gasteiger partial charge in [0.1, 0.15) is 6.54 Å². The number of rotatable bonds is 4. The average molecular weight is 392 g/mol. The van der Waals surface area contributed by atoms with E-state index in [1.54, 1.807) is 18.2 Å². The number of benzene rings is 1. The van der Waals surface area contributed by atoms with Crippen molar-refractivity contribution in [3.63, 3.8) is 0 Å². The van der Waals surface area contributed by atoms with Crippen molar-refractivity contribution in [3.8, 4) is 0 Å². The van der Waals surface area contributed by atoms with Gasteiger partial charge in [0.2, 0.25) is 5.91 Å². The molecule has 1 aliphatic heterocycles. The molecule has 0 saturated heterocycles. The number of nitrogens with zero attached hydrogens (tertiary/aromatic N) is 2. The standard InChI is InChI=1S/C19H19F3N4O2/c1-2-14(13-6-3-5-12(9-13)10-19(20,21)22)25-18(28)26-11-16(27)24-15-7-4-8-23-17(15)26/h3-9,14H,2,10-11H2,1H3,(H,24,27)(H,25,28). The van der Waals surface area contributed by atoms with Crippen LogP contribution in [0.5, 0.6) is 0 Å². The van der Waals surface area contributed by atoms with Gasteiger partial charge < -0.3 is 10.6 Å². The molecular weight excluding hydrogens is 373 g/mol. The lowest BCUT2D eigenvalue weighted by atomic mass is 10.0. The molecule has 0 radical (unpaired) electrons. The smallest absolute Gasteiger partial charge is 0.331 e. The van der Waals surface area contributed by atoms with Crippen molar-refractivity contribution in [2.75, 3.05) is 16.8 Å². The summed E-state index contributed by atoms with van der Waals surface area (Å²) in [5.41, 5.74) is 1.12. The first-order valence-corrected chi connectivity index (χ1v) is 8.75. The number of alkyl halides is 3. The van der Waals surface area contributed by atoms with Crippen LogP contribution in [0.2, 0.25) is 0 Å². The molecule has 1 aliphatic rings. The molecule has 0 bridgehead atoms. The minimum Gasteiger partial charge on any atom is -0.331 e. The van der Waals surface area contributed by atoms with Crippen LogP contribution in [0.15, 0.2) is 42.6 Å². The summed E-state index contributed by atoms with van der Waals surface area (Å²) >= 11 is 0. The van der Waals surface area contributed by atoms with Gasteiger partial charge in [-0.3, -0.25) is 9.69 Å². The fraction of sp³-hybridized carbons (Fsp3) is 0.316. The Balaban J connectivity index is 1.79. The van der Waals surface area contributed by atoms with Gasteiger partial charge in [-0.15, -0.1) is 0 Å². The first-order valence-electron chi connectivity index (χ1n) is 8.75. The molecule has 3 amide bonds.